The Morgan fingerprint density at radius 3 is 2.61 bits per heavy atom. The van der Waals surface area contributed by atoms with Gasteiger partial charge in [-0.25, -0.2) is 0 Å². The van der Waals surface area contributed by atoms with Crippen molar-refractivity contribution in [2.45, 2.75) is 19.0 Å². The lowest BCUT2D eigenvalue weighted by Crippen LogP contribution is -2.41. The molecule has 3 aromatic rings. The molecule has 31 heavy (non-hydrogen) atoms. The summed E-state index contributed by atoms with van der Waals surface area (Å²) in [6, 6.07) is 16.0. The molecule has 0 unspecified atom stereocenters. The Balaban J connectivity index is 1.64. The zero-order chi connectivity index (χ0) is 21.6. The summed E-state index contributed by atoms with van der Waals surface area (Å²) in [7, 11) is 0. The fraction of sp³-hybridized carbons (Fsp3) is 0.348. The number of morpholine rings is 1. The largest absolute Gasteiger partial charge is 0.494 e. The molecule has 2 heterocycles. The van der Waals surface area contributed by atoms with E-state index in [2.05, 4.69) is 29.3 Å². The summed E-state index contributed by atoms with van der Waals surface area (Å²) in [4.78, 5) is 14.5. The third-order valence-corrected chi connectivity index (χ3v) is 5.92. The molecule has 8 heteroatoms. The van der Waals surface area contributed by atoms with Crippen LogP contribution in [0.3, 0.4) is 0 Å². The summed E-state index contributed by atoms with van der Waals surface area (Å²) in [6.45, 7) is 7.10. The number of hydrogen-bond acceptors (Lipinski definition) is 6. The summed E-state index contributed by atoms with van der Waals surface area (Å²) < 4.78 is 12.9. The van der Waals surface area contributed by atoms with Gasteiger partial charge < -0.3 is 14.4 Å². The average molecular weight is 439 g/mol. The fourth-order valence-electron chi connectivity index (χ4n) is 3.46. The van der Waals surface area contributed by atoms with Crippen LogP contribution >= 0.6 is 11.8 Å². The molecule has 0 N–H and O–H groups in total. The number of amides is 1. The molecule has 0 saturated carbocycles. The number of carbonyl (C=O) groups excluding carboxylic acids is 1. The van der Waals surface area contributed by atoms with Gasteiger partial charge in [0.25, 0.3) is 0 Å². The van der Waals surface area contributed by atoms with Crippen molar-refractivity contribution in [3.8, 4) is 22.8 Å². The molecule has 1 aromatic heterocycles. The molecule has 1 aliphatic heterocycles. The van der Waals surface area contributed by atoms with E-state index in [1.807, 2.05) is 52.8 Å². The Labute approximate surface area is 186 Å². The van der Waals surface area contributed by atoms with E-state index in [9.17, 15) is 4.79 Å². The summed E-state index contributed by atoms with van der Waals surface area (Å²) in [5.41, 5.74) is 3.05. The highest BCUT2D eigenvalue weighted by Crippen LogP contribution is 2.29. The van der Waals surface area contributed by atoms with Gasteiger partial charge in [-0.05, 0) is 44.2 Å². The first-order valence-corrected chi connectivity index (χ1v) is 11.4. The van der Waals surface area contributed by atoms with Gasteiger partial charge in [0.2, 0.25) is 5.91 Å². The van der Waals surface area contributed by atoms with Gasteiger partial charge >= 0.3 is 0 Å². The minimum Gasteiger partial charge on any atom is -0.494 e. The van der Waals surface area contributed by atoms with Crippen molar-refractivity contribution in [2.75, 3.05) is 38.7 Å². The Bertz CT molecular complexity index is 1030. The van der Waals surface area contributed by atoms with E-state index in [1.54, 1.807) is 0 Å². The number of aryl methyl sites for hydroxylation is 1. The molecule has 1 saturated heterocycles. The molecule has 0 radical (unpaired) electrons. The summed E-state index contributed by atoms with van der Waals surface area (Å²) in [5.74, 6) is 1.96. The maximum absolute atomic E-state index is 12.6. The molecule has 0 aliphatic carbocycles. The Kier molecular flexibility index (Phi) is 6.89. The highest BCUT2D eigenvalue weighted by atomic mass is 32.2. The monoisotopic (exact) mass is 438 g/mol. The van der Waals surface area contributed by atoms with E-state index in [-0.39, 0.29) is 5.91 Å². The van der Waals surface area contributed by atoms with Crippen molar-refractivity contribution in [1.82, 2.24) is 19.7 Å². The minimum atomic E-state index is 0.0895. The summed E-state index contributed by atoms with van der Waals surface area (Å²) >= 11 is 1.40. The van der Waals surface area contributed by atoms with Gasteiger partial charge in [0.1, 0.15) is 5.75 Å². The minimum absolute atomic E-state index is 0.0895. The maximum Gasteiger partial charge on any atom is 0.233 e. The number of rotatable bonds is 7. The second-order valence-corrected chi connectivity index (χ2v) is 8.16. The molecule has 7 nitrogen and oxygen atoms in total. The predicted octanol–water partition coefficient (Wildman–Crippen LogP) is 3.59. The zero-order valence-corrected chi connectivity index (χ0v) is 18.6. The molecule has 1 aliphatic rings. The Morgan fingerprint density at radius 2 is 1.90 bits per heavy atom. The van der Waals surface area contributed by atoms with Crippen LogP contribution in [0.5, 0.6) is 5.75 Å². The van der Waals surface area contributed by atoms with E-state index in [4.69, 9.17) is 9.47 Å². The van der Waals surface area contributed by atoms with Crippen LogP contribution in [-0.4, -0.2) is 64.2 Å². The molecule has 1 fully saturated rings. The number of aromatic nitrogens is 3. The summed E-state index contributed by atoms with van der Waals surface area (Å²) in [6.07, 6.45) is 0. The lowest BCUT2D eigenvalue weighted by atomic mass is 10.1. The van der Waals surface area contributed by atoms with Gasteiger partial charge in [0.15, 0.2) is 11.0 Å². The lowest BCUT2D eigenvalue weighted by Gasteiger charge is -2.26. The maximum atomic E-state index is 12.6. The van der Waals surface area contributed by atoms with Gasteiger partial charge in [-0.3, -0.25) is 9.36 Å². The molecule has 0 atom stereocenters. The van der Waals surface area contributed by atoms with Crippen molar-refractivity contribution >= 4 is 17.7 Å². The second kappa shape index (κ2) is 9.98. The van der Waals surface area contributed by atoms with E-state index < -0.39 is 0 Å². The van der Waals surface area contributed by atoms with Crippen molar-refractivity contribution in [3.05, 3.63) is 54.1 Å². The molecule has 0 bridgehead atoms. The zero-order valence-electron chi connectivity index (χ0n) is 17.8. The molecule has 0 spiro atoms. The predicted molar refractivity (Wildman–Crippen MR) is 121 cm³/mol. The highest BCUT2D eigenvalue weighted by molar-refractivity contribution is 7.99. The van der Waals surface area contributed by atoms with Gasteiger partial charge in [-0.15, -0.1) is 10.2 Å². The van der Waals surface area contributed by atoms with E-state index in [1.165, 1.54) is 11.8 Å². The molecule has 162 valence electrons. The standard InChI is InChI=1S/C23H26N4O3S/c1-3-30-20-9-7-19(8-10-20)27-22(18-6-4-5-17(2)15-18)24-25-23(27)31-16-21(28)26-11-13-29-14-12-26/h4-10,15H,3,11-14,16H2,1-2H3. The normalized spacial score (nSPS) is 13.9. The molecular weight excluding hydrogens is 412 g/mol. The number of benzene rings is 2. The molecule has 2 aromatic carbocycles. The van der Waals surface area contributed by atoms with E-state index >= 15 is 0 Å². The van der Waals surface area contributed by atoms with Gasteiger partial charge in [0.05, 0.1) is 25.6 Å². The second-order valence-electron chi connectivity index (χ2n) is 7.22. The Morgan fingerprint density at radius 1 is 1.13 bits per heavy atom. The SMILES string of the molecule is CCOc1ccc(-n2c(SCC(=O)N3CCOCC3)nnc2-c2cccc(C)c2)cc1. The first-order valence-electron chi connectivity index (χ1n) is 10.4. The smallest absolute Gasteiger partial charge is 0.233 e. The van der Waals surface area contributed by atoms with Gasteiger partial charge in [-0.1, -0.05) is 35.5 Å². The van der Waals surface area contributed by atoms with Crippen LogP contribution in [-0.2, 0) is 9.53 Å². The van der Waals surface area contributed by atoms with Crippen molar-refractivity contribution < 1.29 is 14.3 Å². The van der Waals surface area contributed by atoms with Crippen LogP contribution in [0.2, 0.25) is 0 Å². The Hall–Kier alpha value is -2.84. The van der Waals surface area contributed by atoms with Crippen molar-refractivity contribution in [2.24, 2.45) is 0 Å². The van der Waals surface area contributed by atoms with E-state index in [0.717, 1.165) is 28.4 Å². The molecule has 1 amide bonds. The number of nitrogens with zero attached hydrogens (tertiary/aromatic N) is 4. The van der Waals surface area contributed by atoms with Gasteiger partial charge in [-0.2, -0.15) is 0 Å². The quantitative estimate of drug-likeness (QED) is 0.525. The summed E-state index contributed by atoms with van der Waals surface area (Å²) in [5, 5.41) is 9.58. The van der Waals surface area contributed by atoms with E-state index in [0.29, 0.717) is 43.8 Å². The first-order chi connectivity index (χ1) is 15.2. The topological polar surface area (TPSA) is 69.5 Å². The van der Waals surface area contributed by atoms with Crippen LogP contribution in [0.4, 0.5) is 0 Å². The van der Waals surface area contributed by atoms with Crippen molar-refractivity contribution in [3.63, 3.8) is 0 Å². The fourth-order valence-corrected chi connectivity index (χ4v) is 4.31. The van der Waals surface area contributed by atoms with Gasteiger partial charge in [0, 0.05) is 24.3 Å². The third kappa shape index (κ3) is 5.08. The number of ether oxygens (including phenoxy) is 2. The van der Waals surface area contributed by atoms with Crippen LogP contribution in [0, 0.1) is 6.92 Å². The average Bonchev–Trinajstić information content (AvgIpc) is 3.23. The molecule has 4 rings (SSSR count). The number of hydrogen-bond donors (Lipinski definition) is 0. The first kappa shape index (κ1) is 21.4. The number of carbonyl (C=O) groups is 1. The van der Waals surface area contributed by atoms with Crippen LogP contribution in [0.15, 0.2) is 53.7 Å². The number of thioether (sulfide) groups is 1. The highest BCUT2D eigenvalue weighted by Gasteiger charge is 2.21. The molecular formula is C23H26N4O3S. The van der Waals surface area contributed by atoms with Crippen LogP contribution in [0.25, 0.3) is 17.1 Å². The van der Waals surface area contributed by atoms with Crippen LogP contribution < -0.4 is 4.74 Å². The lowest BCUT2D eigenvalue weighted by molar-refractivity contribution is -0.132. The van der Waals surface area contributed by atoms with Crippen molar-refractivity contribution in [1.29, 1.82) is 0 Å². The van der Waals surface area contributed by atoms with Crippen LogP contribution in [0.1, 0.15) is 12.5 Å². The third-order valence-electron chi connectivity index (χ3n) is 5.00.